The van der Waals surface area contributed by atoms with Gasteiger partial charge in [0.05, 0.1) is 0 Å². The highest BCUT2D eigenvalue weighted by Gasteiger charge is 2.24. The van der Waals surface area contributed by atoms with Gasteiger partial charge in [0.25, 0.3) is 0 Å². The number of rotatable bonds is 2. The summed E-state index contributed by atoms with van der Waals surface area (Å²) in [6.45, 7) is 9.80. The van der Waals surface area contributed by atoms with E-state index in [0.717, 1.165) is 19.4 Å². The van der Waals surface area contributed by atoms with Crippen LogP contribution in [0.25, 0.3) is 0 Å². The minimum Gasteiger partial charge on any atom is -0.384 e. The molecule has 0 spiro atoms. The molecule has 1 nitrogen and oxygen atoms in total. The molecule has 0 aromatic heterocycles. The van der Waals surface area contributed by atoms with Crippen LogP contribution in [0.1, 0.15) is 57.6 Å². The van der Waals surface area contributed by atoms with Gasteiger partial charge in [-0.2, -0.15) is 0 Å². The molecule has 1 N–H and O–H groups in total. The van der Waals surface area contributed by atoms with Crippen molar-refractivity contribution in [3.05, 3.63) is 29.3 Å². The number of benzene rings is 1. The molecule has 1 heterocycles. The smallest absolute Gasteiger partial charge is 0.0376 e. The minimum absolute atomic E-state index is 0.228. The van der Waals surface area contributed by atoms with Crippen LogP contribution in [-0.2, 0) is 5.41 Å². The van der Waals surface area contributed by atoms with Gasteiger partial charge in [0.15, 0.2) is 0 Å². The summed E-state index contributed by atoms with van der Waals surface area (Å²) < 4.78 is 0. The zero-order chi connectivity index (χ0) is 13.2. The number of nitrogens with one attached hydrogen (secondary N) is 1. The largest absolute Gasteiger partial charge is 0.384 e. The lowest BCUT2D eigenvalue weighted by Crippen LogP contribution is -2.11. The maximum atomic E-state index is 3.51. The number of fused-ring (bicyclic) bond motifs is 1. The maximum Gasteiger partial charge on any atom is 0.0376 e. The van der Waals surface area contributed by atoms with Crippen LogP contribution >= 0.6 is 0 Å². The van der Waals surface area contributed by atoms with Crippen molar-refractivity contribution < 1.29 is 0 Å². The lowest BCUT2D eigenvalue weighted by molar-refractivity contribution is 0.588. The lowest BCUT2D eigenvalue weighted by Gasteiger charge is -2.20. The van der Waals surface area contributed by atoms with Crippen LogP contribution in [0.2, 0.25) is 0 Å². The first kappa shape index (κ1) is 13.0. The van der Waals surface area contributed by atoms with Crippen molar-refractivity contribution in [3.63, 3.8) is 0 Å². The average Bonchev–Trinajstić information content (AvgIpc) is 2.71. The van der Waals surface area contributed by atoms with Crippen LogP contribution in [0.3, 0.4) is 0 Å². The van der Waals surface area contributed by atoms with Crippen molar-refractivity contribution in [1.82, 2.24) is 0 Å². The van der Waals surface area contributed by atoms with E-state index >= 15 is 0 Å². The summed E-state index contributed by atoms with van der Waals surface area (Å²) in [7, 11) is 0. The molecule has 96 valence electrons. The fourth-order valence-corrected chi connectivity index (χ4v) is 2.50. The van der Waals surface area contributed by atoms with Crippen LogP contribution in [-0.4, -0.2) is 6.54 Å². The fourth-order valence-electron chi connectivity index (χ4n) is 2.50. The second kappa shape index (κ2) is 5.06. The van der Waals surface area contributed by atoms with Gasteiger partial charge in [-0.15, -0.1) is 11.8 Å². The van der Waals surface area contributed by atoms with Crippen LogP contribution in [0.5, 0.6) is 0 Å². The first-order chi connectivity index (χ1) is 8.52. The van der Waals surface area contributed by atoms with Crippen molar-refractivity contribution >= 4 is 5.69 Å². The Morgan fingerprint density at radius 3 is 2.78 bits per heavy atom. The van der Waals surface area contributed by atoms with E-state index in [9.17, 15) is 0 Å². The van der Waals surface area contributed by atoms with Crippen molar-refractivity contribution in [1.29, 1.82) is 0 Å². The third kappa shape index (κ3) is 2.70. The molecule has 0 aliphatic carbocycles. The van der Waals surface area contributed by atoms with Gasteiger partial charge < -0.3 is 5.32 Å². The third-order valence-corrected chi connectivity index (χ3v) is 3.69. The molecular formula is C17H23N. The Bertz CT molecular complexity index is 483. The van der Waals surface area contributed by atoms with Gasteiger partial charge in [-0.1, -0.05) is 32.9 Å². The van der Waals surface area contributed by atoms with Gasteiger partial charge in [-0.25, -0.2) is 0 Å². The summed E-state index contributed by atoms with van der Waals surface area (Å²) >= 11 is 0. The average molecular weight is 241 g/mol. The molecule has 2 rings (SSSR count). The Morgan fingerprint density at radius 2 is 2.11 bits per heavy atom. The van der Waals surface area contributed by atoms with Gasteiger partial charge >= 0.3 is 0 Å². The van der Waals surface area contributed by atoms with E-state index < -0.39 is 0 Å². The second-order valence-corrected chi connectivity index (χ2v) is 6.10. The highest BCUT2D eigenvalue weighted by Crippen LogP contribution is 2.37. The van der Waals surface area contributed by atoms with E-state index in [1.54, 1.807) is 0 Å². The Hall–Kier alpha value is -1.42. The van der Waals surface area contributed by atoms with Crippen molar-refractivity contribution in [2.45, 2.75) is 51.9 Å². The molecule has 1 unspecified atom stereocenters. The number of hydrogen-bond acceptors (Lipinski definition) is 1. The van der Waals surface area contributed by atoms with Crippen molar-refractivity contribution in [3.8, 4) is 11.8 Å². The van der Waals surface area contributed by atoms with E-state index in [1.165, 1.54) is 16.8 Å². The van der Waals surface area contributed by atoms with E-state index in [-0.39, 0.29) is 5.41 Å². The molecule has 0 bridgehead atoms. The molecule has 1 heteroatoms. The lowest BCUT2D eigenvalue weighted by atomic mass is 9.84. The van der Waals surface area contributed by atoms with Gasteiger partial charge in [0, 0.05) is 24.6 Å². The Kier molecular flexibility index (Phi) is 3.66. The van der Waals surface area contributed by atoms with E-state index in [0.29, 0.717) is 5.92 Å². The van der Waals surface area contributed by atoms with Gasteiger partial charge in [0.1, 0.15) is 0 Å². The van der Waals surface area contributed by atoms with Crippen LogP contribution in [0.4, 0.5) is 5.69 Å². The minimum atomic E-state index is 0.228. The van der Waals surface area contributed by atoms with Crippen LogP contribution in [0.15, 0.2) is 18.2 Å². The number of anilines is 1. The quantitative estimate of drug-likeness (QED) is 0.761. The SMILES string of the molecule is CC#CCCC1CNc2ccc(C(C)(C)C)cc21. The first-order valence-electron chi connectivity index (χ1n) is 6.80. The molecule has 1 aromatic rings. The molecule has 18 heavy (non-hydrogen) atoms. The predicted octanol–water partition coefficient (Wildman–Crippen LogP) is 4.30. The molecule has 0 radical (unpaired) electrons. The first-order valence-corrected chi connectivity index (χ1v) is 6.80. The Balaban J connectivity index is 2.21. The normalized spacial score (nSPS) is 17.7. The maximum absolute atomic E-state index is 3.51. The second-order valence-electron chi connectivity index (χ2n) is 6.10. The predicted molar refractivity (Wildman–Crippen MR) is 79.1 cm³/mol. The molecule has 1 aromatic carbocycles. The van der Waals surface area contributed by atoms with Crippen LogP contribution in [0, 0.1) is 11.8 Å². The van der Waals surface area contributed by atoms with Gasteiger partial charge in [-0.05, 0) is 36.0 Å². The third-order valence-electron chi connectivity index (χ3n) is 3.69. The topological polar surface area (TPSA) is 12.0 Å². The highest BCUT2D eigenvalue weighted by atomic mass is 14.9. The van der Waals surface area contributed by atoms with Crippen LogP contribution < -0.4 is 5.32 Å². The molecule has 0 saturated heterocycles. The fraction of sp³-hybridized carbons (Fsp3) is 0.529. The molecule has 1 atom stereocenters. The molecule has 1 aliphatic rings. The highest BCUT2D eigenvalue weighted by molar-refractivity contribution is 5.59. The summed E-state index contributed by atoms with van der Waals surface area (Å²) in [5.74, 6) is 6.78. The van der Waals surface area contributed by atoms with Crippen molar-refractivity contribution in [2.24, 2.45) is 0 Å². The molecular weight excluding hydrogens is 218 g/mol. The standard InChI is InChI=1S/C17H23N/c1-5-6-7-8-13-12-18-16-10-9-14(11-15(13)16)17(2,3)4/h9-11,13,18H,7-8,12H2,1-4H3. The van der Waals surface area contributed by atoms with E-state index in [4.69, 9.17) is 0 Å². The molecule has 1 aliphatic heterocycles. The molecule has 0 fully saturated rings. The Labute approximate surface area is 111 Å². The monoisotopic (exact) mass is 241 g/mol. The summed E-state index contributed by atoms with van der Waals surface area (Å²) in [4.78, 5) is 0. The summed E-state index contributed by atoms with van der Waals surface area (Å²) in [5, 5.41) is 3.51. The van der Waals surface area contributed by atoms with Crippen molar-refractivity contribution in [2.75, 3.05) is 11.9 Å². The molecule has 0 amide bonds. The van der Waals surface area contributed by atoms with E-state index in [1.807, 2.05) is 6.92 Å². The molecule has 0 saturated carbocycles. The number of hydrogen-bond donors (Lipinski definition) is 1. The zero-order valence-electron chi connectivity index (χ0n) is 11.9. The van der Waals surface area contributed by atoms with E-state index in [2.05, 4.69) is 56.1 Å². The summed E-state index contributed by atoms with van der Waals surface area (Å²) in [6, 6.07) is 6.88. The Morgan fingerprint density at radius 1 is 1.33 bits per heavy atom. The van der Waals surface area contributed by atoms with Gasteiger partial charge in [-0.3, -0.25) is 0 Å². The summed E-state index contributed by atoms with van der Waals surface area (Å²) in [6.07, 6.45) is 2.16. The zero-order valence-corrected chi connectivity index (χ0v) is 11.9. The summed E-state index contributed by atoms with van der Waals surface area (Å²) in [5.41, 5.74) is 4.46. The van der Waals surface area contributed by atoms with Gasteiger partial charge in [0.2, 0.25) is 0 Å².